The first-order valence-corrected chi connectivity index (χ1v) is 10.4. The lowest BCUT2D eigenvalue weighted by Gasteiger charge is -2.38. The van der Waals surface area contributed by atoms with Crippen molar-refractivity contribution in [3.63, 3.8) is 0 Å². The van der Waals surface area contributed by atoms with E-state index in [4.69, 9.17) is 4.74 Å². The van der Waals surface area contributed by atoms with Gasteiger partial charge in [0.2, 0.25) is 10.0 Å². The van der Waals surface area contributed by atoms with Gasteiger partial charge in [0.25, 0.3) is 0 Å². The van der Waals surface area contributed by atoms with E-state index in [0.717, 1.165) is 15.3 Å². The second-order valence-electron chi connectivity index (χ2n) is 6.42. The van der Waals surface area contributed by atoms with Crippen molar-refractivity contribution >= 4 is 21.4 Å². The molecule has 2 heterocycles. The highest BCUT2D eigenvalue weighted by atomic mass is 32.2. The Labute approximate surface area is 151 Å². The summed E-state index contributed by atoms with van der Waals surface area (Å²) in [4.78, 5) is 6.18. The van der Waals surface area contributed by atoms with Gasteiger partial charge < -0.3 is 9.84 Å². The van der Waals surface area contributed by atoms with Crippen LogP contribution < -0.4 is 9.46 Å². The number of hydrogen-bond acceptors (Lipinski definition) is 6. The van der Waals surface area contributed by atoms with Gasteiger partial charge in [-0.2, -0.15) is 0 Å². The molecular weight excluding hydrogens is 360 g/mol. The highest BCUT2D eigenvalue weighted by molar-refractivity contribution is 7.89. The molecule has 6 nitrogen and oxygen atoms in total. The molecule has 0 unspecified atom stereocenters. The zero-order chi connectivity index (χ0) is 18.2. The molecule has 8 heteroatoms. The van der Waals surface area contributed by atoms with E-state index in [-0.39, 0.29) is 12.0 Å². The number of aliphatic hydroxyl groups is 1. The number of hydrogen-bond donors (Lipinski definition) is 2. The van der Waals surface area contributed by atoms with E-state index < -0.39 is 16.1 Å². The van der Waals surface area contributed by atoms with E-state index in [1.807, 2.05) is 6.92 Å². The van der Waals surface area contributed by atoms with Crippen LogP contribution in [0.2, 0.25) is 0 Å². The van der Waals surface area contributed by atoms with Crippen LogP contribution in [0.25, 0.3) is 0 Å². The molecule has 1 fully saturated rings. The number of methoxy groups -OCH3 is 1. The summed E-state index contributed by atoms with van der Waals surface area (Å²) in [5.74, 6) is 0.600. The summed E-state index contributed by atoms with van der Waals surface area (Å²) >= 11 is 1.46. The number of rotatable bonds is 6. The fourth-order valence-electron chi connectivity index (χ4n) is 3.16. The number of nitrogens with one attached hydrogen (secondary N) is 1. The molecule has 0 aliphatic heterocycles. The van der Waals surface area contributed by atoms with E-state index >= 15 is 0 Å². The van der Waals surface area contributed by atoms with Gasteiger partial charge in [0, 0.05) is 16.0 Å². The SMILES string of the molecule is COc1cncc([C@H](NS(=O)(=O)c2cc(C)sc2C)C2CC(O)C2)c1. The quantitative estimate of drug-likeness (QED) is 0.802. The normalized spacial score (nSPS) is 21.6. The van der Waals surface area contributed by atoms with E-state index in [1.54, 1.807) is 38.6 Å². The number of aromatic nitrogens is 1. The summed E-state index contributed by atoms with van der Waals surface area (Å²) in [6, 6.07) is 3.03. The third-order valence-electron chi connectivity index (χ3n) is 4.52. The largest absolute Gasteiger partial charge is 0.495 e. The predicted molar refractivity (Wildman–Crippen MR) is 96.4 cm³/mol. The van der Waals surface area contributed by atoms with Crippen LogP contribution in [0.3, 0.4) is 0 Å². The van der Waals surface area contributed by atoms with Gasteiger partial charge >= 0.3 is 0 Å². The zero-order valence-electron chi connectivity index (χ0n) is 14.4. The topological polar surface area (TPSA) is 88.5 Å². The summed E-state index contributed by atoms with van der Waals surface area (Å²) < 4.78 is 33.9. The molecule has 1 aliphatic carbocycles. The first-order chi connectivity index (χ1) is 11.8. The number of sulfonamides is 1. The molecule has 1 saturated carbocycles. The van der Waals surface area contributed by atoms with Crippen molar-refractivity contribution in [3.05, 3.63) is 39.8 Å². The molecule has 0 bridgehead atoms. The number of nitrogens with zero attached hydrogens (tertiary/aromatic N) is 1. The highest BCUT2D eigenvalue weighted by Crippen LogP contribution is 2.39. The van der Waals surface area contributed by atoms with Crippen LogP contribution in [-0.4, -0.2) is 31.7 Å². The molecule has 136 valence electrons. The lowest BCUT2D eigenvalue weighted by Crippen LogP contribution is -2.41. The van der Waals surface area contributed by atoms with Crippen LogP contribution in [-0.2, 0) is 10.0 Å². The van der Waals surface area contributed by atoms with Crippen LogP contribution in [0.15, 0.2) is 29.4 Å². The van der Waals surface area contributed by atoms with Crippen molar-refractivity contribution in [3.8, 4) is 5.75 Å². The van der Waals surface area contributed by atoms with Gasteiger partial charge in [-0.25, -0.2) is 13.1 Å². The maximum Gasteiger partial charge on any atom is 0.242 e. The first kappa shape index (κ1) is 18.3. The van der Waals surface area contributed by atoms with Crippen molar-refractivity contribution in [2.24, 2.45) is 5.92 Å². The molecule has 0 saturated heterocycles. The summed E-state index contributed by atoms with van der Waals surface area (Å²) in [7, 11) is -2.12. The molecule has 2 N–H and O–H groups in total. The van der Waals surface area contributed by atoms with E-state index in [9.17, 15) is 13.5 Å². The minimum absolute atomic E-state index is 0.0266. The van der Waals surface area contributed by atoms with Crippen molar-refractivity contribution in [2.75, 3.05) is 7.11 Å². The summed E-state index contributed by atoms with van der Waals surface area (Å²) in [5, 5.41) is 9.66. The molecule has 0 spiro atoms. The predicted octanol–water partition coefficient (Wildman–Crippen LogP) is 2.56. The molecule has 25 heavy (non-hydrogen) atoms. The summed E-state index contributed by atoms with van der Waals surface area (Å²) in [6.07, 6.45) is 3.97. The Morgan fingerprint density at radius 1 is 1.32 bits per heavy atom. The Kier molecular flexibility index (Phi) is 5.15. The Morgan fingerprint density at radius 2 is 2.04 bits per heavy atom. The molecule has 0 aromatic carbocycles. The fraction of sp³-hybridized carbons (Fsp3) is 0.471. The molecule has 3 rings (SSSR count). The van der Waals surface area contributed by atoms with E-state index in [0.29, 0.717) is 23.5 Å². The Hall–Kier alpha value is -1.48. The van der Waals surface area contributed by atoms with Gasteiger partial charge in [0.05, 0.1) is 30.3 Å². The number of thiophene rings is 1. The monoisotopic (exact) mass is 382 g/mol. The Bertz CT molecular complexity index is 857. The van der Waals surface area contributed by atoms with Gasteiger partial charge in [-0.3, -0.25) is 4.98 Å². The van der Waals surface area contributed by atoms with Crippen LogP contribution in [0.4, 0.5) is 0 Å². The number of aryl methyl sites for hydroxylation is 2. The molecule has 0 amide bonds. The van der Waals surface area contributed by atoms with Gasteiger partial charge in [-0.15, -0.1) is 11.3 Å². The van der Waals surface area contributed by atoms with Crippen LogP contribution in [0.1, 0.15) is 34.2 Å². The van der Waals surface area contributed by atoms with Crippen molar-refractivity contribution in [1.29, 1.82) is 0 Å². The average molecular weight is 383 g/mol. The lowest BCUT2D eigenvalue weighted by molar-refractivity contribution is 0.0279. The molecule has 2 aromatic heterocycles. The minimum atomic E-state index is -3.67. The third kappa shape index (κ3) is 3.87. The molecule has 0 radical (unpaired) electrons. The van der Waals surface area contributed by atoms with E-state index in [1.165, 1.54) is 11.3 Å². The van der Waals surface area contributed by atoms with Gasteiger partial charge in [-0.1, -0.05) is 0 Å². The standard InChI is InChI=1S/C17H22N2O4S2/c1-10-4-16(11(2)24-10)25(21,22)19-17(12-5-14(20)6-12)13-7-15(23-3)9-18-8-13/h4,7-9,12,14,17,19-20H,5-6H2,1-3H3/t12?,14?,17-/m1/s1. The second-order valence-corrected chi connectivity index (χ2v) is 9.56. The smallest absolute Gasteiger partial charge is 0.242 e. The third-order valence-corrected chi connectivity index (χ3v) is 7.18. The fourth-order valence-corrected chi connectivity index (χ4v) is 6.01. The van der Waals surface area contributed by atoms with Gasteiger partial charge in [0.15, 0.2) is 0 Å². The second kappa shape index (κ2) is 7.03. The van der Waals surface area contributed by atoms with Crippen molar-refractivity contribution in [2.45, 2.75) is 43.7 Å². The van der Waals surface area contributed by atoms with Gasteiger partial charge in [-0.05, 0) is 50.3 Å². The molecule has 2 aromatic rings. The minimum Gasteiger partial charge on any atom is -0.495 e. The van der Waals surface area contributed by atoms with Crippen LogP contribution in [0, 0.1) is 19.8 Å². The van der Waals surface area contributed by atoms with Crippen molar-refractivity contribution < 1.29 is 18.3 Å². The number of ether oxygens (including phenoxy) is 1. The van der Waals surface area contributed by atoms with Crippen LogP contribution in [0.5, 0.6) is 5.75 Å². The molecule has 1 aliphatic rings. The maximum absolute atomic E-state index is 12.9. The Morgan fingerprint density at radius 3 is 2.60 bits per heavy atom. The summed E-state index contributed by atoms with van der Waals surface area (Å²) in [5.41, 5.74) is 0.740. The van der Waals surface area contributed by atoms with E-state index in [2.05, 4.69) is 9.71 Å². The average Bonchev–Trinajstić information content (AvgIpc) is 2.89. The van der Waals surface area contributed by atoms with Crippen LogP contribution >= 0.6 is 11.3 Å². The molecule has 1 atom stereocenters. The van der Waals surface area contributed by atoms with Gasteiger partial charge in [0.1, 0.15) is 5.75 Å². The van der Waals surface area contributed by atoms with Crippen molar-refractivity contribution in [1.82, 2.24) is 9.71 Å². The summed E-state index contributed by atoms with van der Waals surface area (Å²) in [6.45, 7) is 3.70. The number of pyridine rings is 1. The molecular formula is C17H22N2O4S2. The Balaban J connectivity index is 1.93. The zero-order valence-corrected chi connectivity index (χ0v) is 16.0. The first-order valence-electron chi connectivity index (χ1n) is 8.06. The number of aliphatic hydroxyl groups excluding tert-OH is 1. The lowest BCUT2D eigenvalue weighted by atomic mass is 9.76. The maximum atomic E-state index is 12.9. The highest BCUT2D eigenvalue weighted by Gasteiger charge is 2.38.